The number of carbonyl (C=O) groups is 1. The molecule has 0 bridgehead atoms. The van der Waals surface area contributed by atoms with E-state index in [1.54, 1.807) is 19.0 Å². The highest BCUT2D eigenvalue weighted by molar-refractivity contribution is 5.76. The van der Waals surface area contributed by atoms with Gasteiger partial charge in [0.1, 0.15) is 6.61 Å². The van der Waals surface area contributed by atoms with E-state index in [4.69, 9.17) is 9.47 Å². The number of ether oxygens (including phenoxy) is 2. The zero-order valence-corrected chi connectivity index (χ0v) is 14.7. The molecule has 0 aromatic carbocycles. The average Bonchev–Trinajstić information content (AvgIpc) is 3.07. The van der Waals surface area contributed by atoms with Gasteiger partial charge in [0.15, 0.2) is 0 Å². The molecule has 24 heavy (non-hydrogen) atoms. The van der Waals surface area contributed by atoms with Crippen LogP contribution in [0.2, 0.25) is 0 Å². The summed E-state index contributed by atoms with van der Waals surface area (Å²) in [5.41, 5.74) is 3.75. The number of nitrogens with zero attached hydrogens (tertiary/aromatic N) is 3. The van der Waals surface area contributed by atoms with Crippen LogP contribution in [0.25, 0.3) is 0 Å². The first-order valence-electron chi connectivity index (χ1n) is 8.66. The fraction of sp³-hybridized carbons (Fsp3) is 0.667. The van der Waals surface area contributed by atoms with E-state index < -0.39 is 0 Å². The molecule has 6 heteroatoms. The summed E-state index contributed by atoms with van der Waals surface area (Å²) in [6, 6.07) is 0. The normalized spacial score (nSPS) is 20.8. The summed E-state index contributed by atoms with van der Waals surface area (Å²) >= 11 is 0. The molecule has 0 aliphatic carbocycles. The van der Waals surface area contributed by atoms with Gasteiger partial charge < -0.3 is 14.4 Å². The van der Waals surface area contributed by atoms with Crippen molar-refractivity contribution in [3.63, 3.8) is 0 Å². The van der Waals surface area contributed by atoms with Gasteiger partial charge in [0.05, 0.1) is 13.2 Å². The molecule has 1 amide bonds. The smallest absolute Gasteiger partial charge is 0.248 e. The first-order valence-corrected chi connectivity index (χ1v) is 8.66. The number of hydrogen-bond donors (Lipinski definition) is 0. The lowest BCUT2D eigenvalue weighted by molar-refractivity contribution is -0.133. The maximum absolute atomic E-state index is 11.6. The molecule has 132 valence electrons. The van der Waals surface area contributed by atoms with Crippen molar-refractivity contribution >= 4 is 5.91 Å². The predicted molar refractivity (Wildman–Crippen MR) is 90.5 cm³/mol. The predicted octanol–water partition coefficient (Wildman–Crippen LogP) is 1.08. The van der Waals surface area contributed by atoms with Crippen molar-refractivity contribution < 1.29 is 14.3 Å². The maximum atomic E-state index is 11.6. The van der Waals surface area contributed by atoms with E-state index in [1.807, 2.05) is 12.4 Å². The number of amides is 1. The van der Waals surface area contributed by atoms with Crippen LogP contribution in [0.3, 0.4) is 0 Å². The van der Waals surface area contributed by atoms with Crippen molar-refractivity contribution in [1.82, 2.24) is 14.8 Å². The van der Waals surface area contributed by atoms with Crippen molar-refractivity contribution in [2.24, 2.45) is 5.92 Å². The lowest BCUT2D eigenvalue weighted by Crippen LogP contribution is -2.35. The zero-order valence-electron chi connectivity index (χ0n) is 14.7. The van der Waals surface area contributed by atoms with E-state index in [1.165, 1.54) is 17.5 Å². The molecule has 1 aromatic rings. The number of carbonyl (C=O) groups excluding carboxylic acids is 1. The summed E-state index contributed by atoms with van der Waals surface area (Å²) < 4.78 is 11.1. The van der Waals surface area contributed by atoms with Gasteiger partial charge in [0.2, 0.25) is 5.91 Å². The Kier molecular flexibility index (Phi) is 5.81. The summed E-state index contributed by atoms with van der Waals surface area (Å²) in [5.74, 6) is 0.654. The summed E-state index contributed by atoms with van der Waals surface area (Å²) in [4.78, 5) is 20.0. The summed E-state index contributed by atoms with van der Waals surface area (Å²) in [5, 5.41) is 0. The second-order valence-electron chi connectivity index (χ2n) is 6.93. The Bertz CT molecular complexity index is 571. The highest BCUT2D eigenvalue weighted by Gasteiger charge is 2.24. The number of rotatable bonds is 6. The molecular formula is C18H27N3O3. The highest BCUT2D eigenvalue weighted by atomic mass is 16.5. The Labute approximate surface area is 143 Å². The molecule has 1 atom stereocenters. The van der Waals surface area contributed by atoms with E-state index in [0.29, 0.717) is 12.5 Å². The van der Waals surface area contributed by atoms with Crippen LogP contribution < -0.4 is 0 Å². The third-order valence-electron chi connectivity index (χ3n) is 4.83. The molecule has 0 N–H and O–H groups in total. The van der Waals surface area contributed by atoms with E-state index >= 15 is 0 Å². The maximum Gasteiger partial charge on any atom is 0.248 e. The molecule has 3 heterocycles. The number of hydrogen-bond acceptors (Lipinski definition) is 5. The topological polar surface area (TPSA) is 54.9 Å². The minimum absolute atomic E-state index is 0.0160. The van der Waals surface area contributed by atoms with Gasteiger partial charge in [-0.3, -0.25) is 14.7 Å². The molecule has 1 saturated heterocycles. The van der Waals surface area contributed by atoms with Crippen molar-refractivity contribution in [1.29, 1.82) is 0 Å². The van der Waals surface area contributed by atoms with Gasteiger partial charge in [0, 0.05) is 52.7 Å². The van der Waals surface area contributed by atoms with Gasteiger partial charge in [-0.05, 0) is 35.4 Å². The van der Waals surface area contributed by atoms with Gasteiger partial charge in [-0.25, -0.2) is 0 Å². The van der Waals surface area contributed by atoms with Gasteiger partial charge in [-0.15, -0.1) is 0 Å². The molecule has 3 rings (SSSR count). The van der Waals surface area contributed by atoms with E-state index in [0.717, 1.165) is 44.8 Å². The lowest BCUT2D eigenvalue weighted by Gasteiger charge is -2.31. The number of aromatic nitrogens is 1. The molecule has 0 radical (unpaired) electrons. The lowest BCUT2D eigenvalue weighted by atomic mass is 9.96. The Morgan fingerprint density at radius 3 is 3.08 bits per heavy atom. The van der Waals surface area contributed by atoms with Crippen molar-refractivity contribution in [2.45, 2.75) is 26.0 Å². The quantitative estimate of drug-likeness (QED) is 0.780. The summed E-state index contributed by atoms with van der Waals surface area (Å²) in [6.07, 6.45) is 6.04. The Hall–Kier alpha value is -1.50. The first-order chi connectivity index (χ1) is 11.6. The monoisotopic (exact) mass is 333 g/mol. The van der Waals surface area contributed by atoms with E-state index in [9.17, 15) is 4.79 Å². The van der Waals surface area contributed by atoms with Crippen LogP contribution in [0, 0.1) is 5.92 Å². The van der Waals surface area contributed by atoms with E-state index in [-0.39, 0.29) is 12.5 Å². The summed E-state index contributed by atoms with van der Waals surface area (Å²) in [6.45, 7) is 5.49. The molecule has 0 unspecified atom stereocenters. The van der Waals surface area contributed by atoms with Crippen LogP contribution in [0.4, 0.5) is 0 Å². The van der Waals surface area contributed by atoms with Crippen molar-refractivity contribution in [3.05, 3.63) is 29.1 Å². The van der Waals surface area contributed by atoms with Gasteiger partial charge >= 0.3 is 0 Å². The first kappa shape index (κ1) is 17.3. The molecular weight excluding hydrogens is 306 g/mol. The van der Waals surface area contributed by atoms with Gasteiger partial charge in [-0.2, -0.15) is 0 Å². The Morgan fingerprint density at radius 2 is 2.33 bits per heavy atom. The van der Waals surface area contributed by atoms with Gasteiger partial charge in [0.25, 0.3) is 0 Å². The second kappa shape index (κ2) is 8.05. The fourth-order valence-corrected chi connectivity index (χ4v) is 3.38. The number of fused-ring (bicyclic) bond motifs is 1. The molecule has 1 fully saturated rings. The van der Waals surface area contributed by atoms with Crippen molar-refractivity contribution in [2.75, 3.05) is 47.0 Å². The molecule has 2 aliphatic heterocycles. The van der Waals surface area contributed by atoms with E-state index in [2.05, 4.69) is 9.88 Å². The molecule has 6 nitrogen and oxygen atoms in total. The molecule has 0 spiro atoms. The van der Waals surface area contributed by atoms with Crippen LogP contribution >= 0.6 is 0 Å². The Morgan fingerprint density at radius 1 is 1.46 bits per heavy atom. The van der Waals surface area contributed by atoms with Crippen LogP contribution in [0.15, 0.2) is 12.4 Å². The number of pyridine rings is 1. The minimum atomic E-state index is -0.0160. The molecule has 0 saturated carbocycles. The van der Waals surface area contributed by atoms with Crippen molar-refractivity contribution in [3.8, 4) is 0 Å². The van der Waals surface area contributed by atoms with Crippen LogP contribution in [-0.2, 0) is 33.8 Å². The minimum Gasteiger partial charge on any atom is -0.381 e. The van der Waals surface area contributed by atoms with Crippen LogP contribution in [0.1, 0.15) is 23.1 Å². The molecule has 1 aromatic heterocycles. The fourth-order valence-electron chi connectivity index (χ4n) is 3.38. The third-order valence-corrected chi connectivity index (χ3v) is 4.83. The highest BCUT2D eigenvalue weighted by Crippen LogP contribution is 2.24. The third kappa shape index (κ3) is 4.32. The largest absolute Gasteiger partial charge is 0.381 e. The average molecular weight is 333 g/mol. The zero-order chi connectivity index (χ0) is 16.9. The standard InChI is InChI=1S/C18H27N3O3/c1-20(2)18(22)13-24-12-16-8-19-7-15-10-21(5-3-17(15)16)9-14-4-6-23-11-14/h7-8,14H,3-6,9-13H2,1-2H3/t14-/m0/s1. The molecule has 2 aliphatic rings. The summed E-state index contributed by atoms with van der Waals surface area (Å²) in [7, 11) is 3.48. The SMILES string of the molecule is CN(C)C(=O)COCc1cncc2c1CCN(C[C@@H]1CCOC1)C2. The number of likely N-dealkylation sites (N-methyl/N-ethyl adjacent to an activating group) is 1. The van der Waals surface area contributed by atoms with Gasteiger partial charge in [-0.1, -0.05) is 0 Å². The second-order valence-corrected chi connectivity index (χ2v) is 6.93. The Balaban J connectivity index is 1.56. The van der Waals surface area contributed by atoms with Crippen LogP contribution in [0.5, 0.6) is 0 Å². The van der Waals surface area contributed by atoms with Crippen LogP contribution in [-0.4, -0.2) is 67.7 Å².